The summed E-state index contributed by atoms with van der Waals surface area (Å²) in [4.78, 5) is 13.5. The average Bonchev–Trinajstić information content (AvgIpc) is 3.44. The van der Waals surface area contributed by atoms with E-state index in [2.05, 4.69) is 53.4 Å². The molecule has 4 aromatic carbocycles. The second kappa shape index (κ2) is 16.5. The van der Waals surface area contributed by atoms with Crippen molar-refractivity contribution in [3.8, 4) is 5.75 Å². The number of hydrogen-bond acceptors (Lipinski definition) is 3. The summed E-state index contributed by atoms with van der Waals surface area (Å²) in [7, 11) is 0. The Labute approximate surface area is 260 Å². The Morgan fingerprint density at radius 3 is 2.16 bits per heavy atom. The number of benzene rings is 4. The molecule has 5 aromatic rings. The van der Waals surface area contributed by atoms with Gasteiger partial charge in [-0.2, -0.15) is 0 Å². The quantitative estimate of drug-likeness (QED) is 0.134. The van der Waals surface area contributed by atoms with Crippen LogP contribution in [0.25, 0.3) is 10.9 Å². The van der Waals surface area contributed by atoms with Crippen LogP contribution in [0.5, 0.6) is 5.75 Å². The molecule has 0 unspecified atom stereocenters. The van der Waals surface area contributed by atoms with Gasteiger partial charge in [-0.05, 0) is 47.4 Å². The van der Waals surface area contributed by atoms with Gasteiger partial charge in [-0.1, -0.05) is 90.5 Å². The summed E-state index contributed by atoms with van der Waals surface area (Å²) in [6.07, 6.45) is 2.50. The van der Waals surface area contributed by atoms with Gasteiger partial charge in [0.25, 0.3) is 0 Å². The molecule has 230 valence electrons. The Morgan fingerprint density at radius 2 is 1.52 bits per heavy atom. The highest BCUT2D eigenvalue weighted by Gasteiger charge is 2.20. The number of nitrogens with zero attached hydrogens (tertiary/aromatic N) is 2. The van der Waals surface area contributed by atoms with Crippen molar-refractivity contribution in [1.29, 1.82) is 0 Å². The van der Waals surface area contributed by atoms with Crippen LogP contribution in [-0.4, -0.2) is 47.2 Å². The Morgan fingerprint density at radius 1 is 0.886 bits per heavy atom. The first-order chi connectivity index (χ1) is 21.4. The SMILES string of the molecule is FCF.O=C(O)Cn1ccc2c(OCCCN(Cc3cccc(F)c3Cl)CC(c3ccccc3)c3ccccc3)cccc21. The summed E-state index contributed by atoms with van der Waals surface area (Å²) in [5.41, 5.74) is 3.99. The minimum Gasteiger partial charge on any atom is -0.493 e. The molecule has 0 aliphatic heterocycles. The average molecular weight is 623 g/mol. The number of alkyl halides is 2. The van der Waals surface area contributed by atoms with E-state index in [0.29, 0.717) is 26.2 Å². The van der Waals surface area contributed by atoms with Gasteiger partial charge in [0.15, 0.2) is 0 Å². The number of aliphatic carboxylic acids is 1. The zero-order chi connectivity index (χ0) is 31.3. The van der Waals surface area contributed by atoms with E-state index in [9.17, 15) is 23.1 Å². The van der Waals surface area contributed by atoms with Crippen LogP contribution >= 0.6 is 11.6 Å². The van der Waals surface area contributed by atoms with Gasteiger partial charge >= 0.3 is 5.97 Å². The molecule has 0 aliphatic carbocycles. The number of carbonyl (C=O) groups is 1. The van der Waals surface area contributed by atoms with Crippen molar-refractivity contribution in [2.45, 2.75) is 25.4 Å². The number of halogens is 4. The molecule has 0 fully saturated rings. The molecule has 44 heavy (non-hydrogen) atoms. The maximum Gasteiger partial charge on any atom is 0.323 e. The lowest BCUT2D eigenvalue weighted by atomic mass is 9.90. The molecule has 0 spiro atoms. The number of fused-ring (bicyclic) bond motifs is 1. The van der Waals surface area contributed by atoms with Crippen LogP contribution in [0.2, 0.25) is 5.02 Å². The fraction of sp³-hybridized carbons (Fsp3) is 0.229. The lowest BCUT2D eigenvalue weighted by molar-refractivity contribution is -0.137. The summed E-state index contributed by atoms with van der Waals surface area (Å²) in [5.74, 6) is -0.471. The number of hydrogen-bond donors (Lipinski definition) is 1. The third-order valence-electron chi connectivity index (χ3n) is 7.23. The molecule has 5 nitrogen and oxygen atoms in total. The van der Waals surface area contributed by atoms with E-state index in [4.69, 9.17) is 16.3 Å². The van der Waals surface area contributed by atoms with Crippen molar-refractivity contribution in [3.63, 3.8) is 0 Å². The Bertz CT molecular complexity index is 1580. The smallest absolute Gasteiger partial charge is 0.323 e. The second-order valence-corrected chi connectivity index (χ2v) is 10.5. The number of rotatable bonds is 13. The van der Waals surface area contributed by atoms with Crippen LogP contribution in [0, 0.1) is 5.82 Å². The van der Waals surface area contributed by atoms with Crippen molar-refractivity contribution >= 4 is 28.5 Å². The molecule has 0 saturated carbocycles. The number of carboxylic acid groups (broad SMARTS) is 1. The Kier molecular flexibility index (Phi) is 12.3. The number of aromatic nitrogens is 1. The van der Waals surface area contributed by atoms with Gasteiger partial charge in [0.05, 0.1) is 17.1 Å². The standard InChI is InChI=1S/C34H32ClFN2O3.CH2F2/c35-34-27(14-7-15-30(34)36)22-37(23-29(25-10-3-1-4-11-25)26-12-5-2-6-13-26)19-9-21-41-32-17-8-16-31-28(32)18-20-38(31)24-33(39)40;2-1-3/h1-8,10-18,20,29H,9,19,21-24H2,(H,39,40);1H2. The Balaban J connectivity index is 0.00000141. The third-order valence-corrected chi connectivity index (χ3v) is 7.65. The molecular weight excluding hydrogens is 589 g/mol. The predicted molar refractivity (Wildman–Crippen MR) is 168 cm³/mol. The van der Waals surface area contributed by atoms with E-state index < -0.39 is 18.7 Å². The van der Waals surface area contributed by atoms with Crippen LogP contribution in [0.1, 0.15) is 29.0 Å². The molecule has 0 aliphatic rings. The van der Waals surface area contributed by atoms with E-state index >= 15 is 0 Å². The summed E-state index contributed by atoms with van der Waals surface area (Å²) >= 11 is 6.37. The molecule has 0 bridgehead atoms. The van der Waals surface area contributed by atoms with Crippen molar-refractivity contribution in [3.05, 3.63) is 137 Å². The maximum atomic E-state index is 14.3. The van der Waals surface area contributed by atoms with Crippen molar-refractivity contribution in [2.75, 3.05) is 26.6 Å². The largest absolute Gasteiger partial charge is 0.493 e. The normalized spacial score (nSPS) is 11.0. The van der Waals surface area contributed by atoms with E-state index in [1.54, 1.807) is 16.8 Å². The molecule has 1 N–H and O–H groups in total. The lowest BCUT2D eigenvalue weighted by Gasteiger charge is -2.29. The van der Waals surface area contributed by atoms with E-state index in [1.807, 2.05) is 42.5 Å². The van der Waals surface area contributed by atoms with E-state index in [-0.39, 0.29) is 17.5 Å². The van der Waals surface area contributed by atoms with Crippen LogP contribution < -0.4 is 4.74 Å². The van der Waals surface area contributed by atoms with Crippen molar-refractivity contribution in [1.82, 2.24) is 9.47 Å². The zero-order valence-corrected chi connectivity index (χ0v) is 24.8. The van der Waals surface area contributed by atoms with Gasteiger partial charge in [0, 0.05) is 37.1 Å². The Hall–Kier alpha value is -4.27. The molecule has 0 saturated heterocycles. The summed E-state index contributed by atoms with van der Waals surface area (Å²) < 4.78 is 41.4. The van der Waals surface area contributed by atoms with Gasteiger partial charge in [0.2, 0.25) is 6.93 Å². The highest BCUT2D eigenvalue weighted by molar-refractivity contribution is 6.31. The summed E-state index contributed by atoms with van der Waals surface area (Å²) in [6.45, 7) is 0.542. The minimum atomic E-state index is -1.75. The first-order valence-electron chi connectivity index (χ1n) is 14.2. The molecular formula is C35H34ClF3N2O3. The number of carboxylic acids is 1. The van der Waals surface area contributed by atoms with Gasteiger partial charge in [0.1, 0.15) is 18.1 Å². The van der Waals surface area contributed by atoms with E-state index in [1.165, 1.54) is 17.2 Å². The molecule has 0 radical (unpaired) electrons. The lowest BCUT2D eigenvalue weighted by Crippen LogP contribution is -2.31. The highest BCUT2D eigenvalue weighted by atomic mass is 35.5. The van der Waals surface area contributed by atoms with Crippen LogP contribution in [-0.2, 0) is 17.9 Å². The first-order valence-corrected chi connectivity index (χ1v) is 14.6. The summed E-state index contributed by atoms with van der Waals surface area (Å²) in [6, 6.07) is 33.3. The molecule has 5 rings (SSSR count). The van der Waals surface area contributed by atoms with Gasteiger partial charge in [-0.15, -0.1) is 0 Å². The third kappa shape index (κ3) is 8.88. The van der Waals surface area contributed by atoms with Gasteiger partial charge in [-0.25, -0.2) is 13.2 Å². The molecule has 1 heterocycles. The predicted octanol–water partition coefficient (Wildman–Crippen LogP) is 8.50. The second-order valence-electron chi connectivity index (χ2n) is 10.2. The molecule has 1 aromatic heterocycles. The fourth-order valence-corrected chi connectivity index (χ4v) is 5.44. The molecule has 0 amide bonds. The molecule has 9 heteroatoms. The minimum absolute atomic E-state index is 0.103. The molecule has 0 atom stereocenters. The fourth-order valence-electron chi connectivity index (χ4n) is 5.25. The zero-order valence-electron chi connectivity index (χ0n) is 24.1. The topological polar surface area (TPSA) is 54.7 Å². The van der Waals surface area contributed by atoms with E-state index in [0.717, 1.165) is 28.6 Å². The van der Waals surface area contributed by atoms with Crippen LogP contribution in [0.3, 0.4) is 0 Å². The van der Waals surface area contributed by atoms with Crippen molar-refractivity contribution < 1.29 is 27.8 Å². The maximum absolute atomic E-state index is 14.3. The van der Waals surface area contributed by atoms with Crippen LogP contribution in [0.4, 0.5) is 13.2 Å². The monoisotopic (exact) mass is 622 g/mol. The van der Waals surface area contributed by atoms with Gasteiger partial charge < -0.3 is 14.4 Å². The van der Waals surface area contributed by atoms with Crippen molar-refractivity contribution in [2.24, 2.45) is 0 Å². The van der Waals surface area contributed by atoms with Crippen LogP contribution in [0.15, 0.2) is 109 Å². The first kappa shape index (κ1) is 32.6. The van der Waals surface area contributed by atoms with Gasteiger partial charge in [-0.3, -0.25) is 9.69 Å². The highest BCUT2D eigenvalue weighted by Crippen LogP contribution is 2.29. The number of ether oxygens (including phenoxy) is 1. The summed E-state index contributed by atoms with van der Waals surface area (Å²) in [5, 5.41) is 10.2.